The third-order valence-corrected chi connectivity index (χ3v) is 3.32. The van der Waals surface area contributed by atoms with Gasteiger partial charge < -0.3 is 10.1 Å². The van der Waals surface area contributed by atoms with Crippen LogP contribution >= 0.6 is 0 Å². The largest absolute Gasteiger partial charge is 0.375 e. The number of hydrogen-bond acceptors (Lipinski definition) is 2. The highest BCUT2D eigenvalue weighted by atomic mass is 16.5. The van der Waals surface area contributed by atoms with Gasteiger partial charge in [-0.1, -0.05) is 19.3 Å². The fraction of sp³-hybridized carbons (Fsp3) is 1.00. The van der Waals surface area contributed by atoms with Gasteiger partial charge in [0.1, 0.15) is 0 Å². The molecule has 1 saturated carbocycles. The second-order valence-electron chi connectivity index (χ2n) is 5.51. The van der Waals surface area contributed by atoms with Gasteiger partial charge in [-0.3, -0.25) is 0 Å². The van der Waals surface area contributed by atoms with Crippen LogP contribution in [-0.4, -0.2) is 24.8 Å². The Labute approximate surface area is 94.8 Å². The fourth-order valence-electron chi connectivity index (χ4n) is 2.17. The molecule has 1 fully saturated rings. The molecule has 1 unspecified atom stereocenters. The molecule has 1 aliphatic carbocycles. The van der Waals surface area contributed by atoms with Crippen molar-refractivity contribution in [3.05, 3.63) is 0 Å². The zero-order valence-corrected chi connectivity index (χ0v) is 10.8. The molecule has 1 atom stereocenters. The molecule has 0 heterocycles. The van der Waals surface area contributed by atoms with Crippen LogP contribution in [0.2, 0.25) is 0 Å². The van der Waals surface area contributed by atoms with E-state index < -0.39 is 0 Å². The number of ether oxygens (including phenoxy) is 1. The average molecular weight is 213 g/mol. The van der Waals surface area contributed by atoms with E-state index in [0.717, 1.165) is 19.1 Å². The van der Waals surface area contributed by atoms with E-state index in [1.165, 1.54) is 25.7 Å². The van der Waals surface area contributed by atoms with Crippen molar-refractivity contribution < 1.29 is 4.74 Å². The van der Waals surface area contributed by atoms with Gasteiger partial charge in [-0.05, 0) is 40.0 Å². The van der Waals surface area contributed by atoms with E-state index >= 15 is 0 Å². The first-order valence-corrected chi connectivity index (χ1v) is 6.41. The second-order valence-corrected chi connectivity index (χ2v) is 5.51. The molecule has 1 aliphatic rings. The highest BCUT2D eigenvalue weighted by molar-refractivity contribution is 4.78. The van der Waals surface area contributed by atoms with Crippen molar-refractivity contribution in [2.75, 3.05) is 13.2 Å². The van der Waals surface area contributed by atoms with Gasteiger partial charge >= 0.3 is 0 Å². The summed E-state index contributed by atoms with van der Waals surface area (Å²) in [5.74, 6) is 0.989. The summed E-state index contributed by atoms with van der Waals surface area (Å²) in [5.41, 5.74) is -0.0252. The molecule has 0 saturated heterocycles. The van der Waals surface area contributed by atoms with Crippen LogP contribution in [0, 0.1) is 5.92 Å². The maximum atomic E-state index is 5.66. The van der Waals surface area contributed by atoms with Crippen LogP contribution in [0.4, 0.5) is 0 Å². The lowest BCUT2D eigenvalue weighted by Crippen LogP contribution is -2.42. The van der Waals surface area contributed by atoms with Crippen molar-refractivity contribution >= 4 is 0 Å². The van der Waals surface area contributed by atoms with Crippen molar-refractivity contribution in [3.8, 4) is 0 Å². The lowest BCUT2D eigenvalue weighted by atomic mass is 9.81. The van der Waals surface area contributed by atoms with Gasteiger partial charge in [0.25, 0.3) is 0 Å². The van der Waals surface area contributed by atoms with Crippen LogP contribution in [0.3, 0.4) is 0 Å². The summed E-state index contributed by atoms with van der Waals surface area (Å²) < 4.78 is 5.66. The van der Waals surface area contributed by atoms with Crippen molar-refractivity contribution in [3.63, 3.8) is 0 Å². The molecule has 15 heavy (non-hydrogen) atoms. The van der Waals surface area contributed by atoms with Crippen molar-refractivity contribution in [2.45, 2.75) is 65.0 Å². The minimum Gasteiger partial charge on any atom is -0.375 e. The summed E-state index contributed by atoms with van der Waals surface area (Å²) in [6.07, 6.45) is 5.67. The minimum absolute atomic E-state index is 0.0252. The molecule has 0 amide bonds. The molecule has 0 aromatic rings. The van der Waals surface area contributed by atoms with Crippen LogP contribution in [0.15, 0.2) is 0 Å². The lowest BCUT2D eigenvalue weighted by molar-refractivity contribution is -0.0109. The van der Waals surface area contributed by atoms with E-state index in [2.05, 4.69) is 33.0 Å². The smallest absolute Gasteiger partial charge is 0.0750 e. The molecule has 90 valence electrons. The van der Waals surface area contributed by atoms with Gasteiger partial charge in [-0.15, -0.1) is 0 Å². The Morgan fingerprint density at radius 2 is 2.07 bits per heavy atom. The topological polar surface area (TPSA) is 21.3 Å². The van der Waals surface area contributed by atoms with E-state index in [9.17, 15) is 0 Å². The molecular formula is C13H27NO. The van der Waals surface area contributed by atoms with Crippen molar-refractivity contribution in [1.29, 1.82) is 0 Å². The first kappa shape index (κ1) is 13.0. The Hall–Kier alpha value is -0.0800. The molecule has 0 aromatic heterocycles. The van der Waals surface area contributed by atoms with E-state index in [1.54, 1.807) is 0 Å². The van der Waals surface area contributed by atoms with Gasteiger partial charge in [-0.25, -0.2) is 0 Å². The Kier molecular flexibility index (Phi) is 5.07. The molecule has 0 spiro atoms. The quantitative estimate of drug-likeness (QED) is 0.702. The van der Waals surface area contributed by atoms with Gasteiger partial charge in [0.15, 0.2) is 0 Å². The summed E-state index contributed by atoms with van der Waals surface area (Å²) >= 11 is 0. The Morgan fingerprint density at radius 3 is 2.53 bits per heavy atom. The summed E-state index contributed by atoms with van der Waals surface area (Å²) in [6.45, 7) is 10.4. The number of nitrogens with one attached hydrogen (secondary N) is 1. The summed E-state index contributed by atoms with van der Waals surface area (Å²) in [4.78, 5) is 0. The highest BCUT2D eigenvalue weighted by Gasteiger charge is 2.22. The van der Waals surface area contributed by atoms with E-state index in [4.69, 9.17) is 4.74 Å². The molecule has 0 aromatic carbocycles. The third-order valence-electron chi connectivity index (χ3n) is 3.32. The standard InChI is InChI=1S/C13H27NO/c1-5-15-13(3,4)10-14-11(2)9-12-7-6-8-12/h11-12,14H,5-10H2,1-4H3. The maximum absolute atomic E-state index is 5.66. The number of hydrogen-bond donors (Lipinski definition) is 1. The Morgan fingerprint density at radius 1 is 1.40 bits per heavy atom. The molecule has 2 nitrogen and oxygen atoms in total. The summed E-state index contributed by atoms with van der Waals surface area (Å²) in [6, 6.07) is 0.634. The molecule has 0 aliphatic heterocycles. The molecule has 1 N–H and O–H groups in total. The Bertz CT molecular complexity index is 175. The second kappa shape index (κ2) is 5.86. The highest BCUT2D eigenvalue weighted by Crippen LogP contribution is 2.30. The van der Waals surface area contributed by atoms with E-state index in [-0.39, 0.29) is 5.60 Å². The van der Waals surface area contributed by atoms with Crippen LogP contribution in [0.5, 0.6) is 0 Å². The fourth-order valence-corrected chi connectivity index (χ4v) is 2.17. The molecule has 1 rings (SSSR count). The molecule has 2 heteroatoms. The first-order chi connectivity index (χ1) is 7.03. The monoisotopic (exact) mass is 213 g/mol. The van der Waals surface area contributed by atoms with Gasteiger partial charge in [0, 0.05) is 19.2 Å². The molecule has 0 bridgehead atoms. The van der Waals surface area contributed by atoms with Crippen molar-refractivity contribution in [2.24, 2.45) is 5.92 Å². The minimum atomic E-state index is -0.0252. The predicted octanol–water partition coefficient (Wildman–Crippen LogP) is 2.97. The maximum Gasteiger partial charge on any atom is 0.0750 e. The summed E-state index contributed by atoms with van der Waals surface area (Å²) in [5, 5.41) is 3.58. The Balaban J connectivity index is 2.11. The van der Waals surface area contributed by atoms with E-state index in [0.29, 0.717) is 6.04 Å². The average Bonchev–Trinajstić information content (AvgIpc) is 2.08. The van der Waals surface area contributed by atoms with Crippen molar-refractivity contribution in [1.82, 2.24) is 5.32 Å². The van der Waals surface area contributed by atoms with Gasteiger partial charge in [-0.2, -0.15) is 0 Å². The van der Waals surface area contributed by atoms with E-state index in [1.807, 2.05) is 0 Å². The molecular weight excluding hydrogens is 186 g/mol. The zero-order valence-electron chi connectivity index (χ0n) is 10.8. The van der Waals surface area contributed by atoms with Gasteiger partial charge in [0.2, 0.25) is 0 Å². The van der Waals surface area contributed by atoms with Crippen LogP contribution in [-0.2, 0) is 4.74 Å². The van der Waals surface area contributed by atoms with Gasteiger partial charge in [0.05, 0.1) is 5.60 Å². The first-order valence-electron chi connectivity index (χ1n) is 6.41. The summed E-state index contributed by atoms with van der Waals surface area (Å²) in [7, 11) is 0. The third kappa shape index (κ3) is 4.98. The van der Waals surface area contributed by atoms with Crippen LogP contribution in [0.25, 0.3) is 0 Å². The predicted molar refractivity (Wildman–Crippen MR) is 65.1 cm³/mol. The lowest BCUT2D eigenvalue weighted by Gasteiger charge is -2.31. The van der Waals surface area contributed by atoms with Crippen LogP contribution < -0.4 is 5.32 Å². The number of rotatable bonds is 7. The molecule has 0 radical (unpaired) electrons. The normalized spacial score (nSPS) is 20.0. The van der Waals surface area contributed by atoms with Crippen LogP contribution in [0.1, 0.15) is 53.4 Å². The zero-order chi connectivity index (χ0) is 11.3. The SMILES string of the molecule is CCOC(C)(C)CNC(C)CC1CCC1.